The van der Waals surface area contributed by atoms with E-state index in [4.69, 9.17) is 9.15 Å². The number of rotatable bonds is 6. The van der Waals surface area contributed by atoms with Crippen molar-refractivity contribution < 1.29 is 22.4 Å². The Kier molecular flexibility index (Phi) is 6.24. The van der Waals surface area contributed by atoms with E-state index in [1.54, 1.807) is 31.4 Å². The van der Waals surface area contributed by atoms with Gasteiger partial charge in [0.25, 0.3) is 5.91 Å². The highest BCUT2D eigenvalue weighted by Crippen LogP contribution is 2.26. The van der Waals surface area contributed by atoms with E-state index in [1.165, 1.54) is 28.6 Å². The third kappa shape index (κ3) is 4.51. The summed E-state index contributed by atoms with van der Waals surface area (Å²) in [7, 11) is -2.04. The number of nitrogens with one attached hydrogen (secondary N) is 1. The highest BCUT2D eigenvalue weighted by Gasteiger charge is 2.31. The van der Waals surface area contributed by atoms with Crippen LogP contribution in [0.2, 0.25) is 0 Å². The normalized spacial score (nSPS) is 17.1. The van der Waals surface area contributed by atoms with Gasteiger partial charge >= 0.3 is 6.01 Å². The lowest BCUT2D eigenvalue weighted by Gasteiger charge is -2.32. The summed E-state index contributed by atoms with van der Waals surface area (Å²) in [5.41, 5.74) is 0.927. The number of aromatic nitrogens is 2. The molecule has 3 aromatic rings. The van der Waals surface area contributed by atoms with E-state index in [0.29, 0.717) is 17.9 Å². The Bertz CT molecular complexity index is 1210. The monoisotopic (exact) mass is 456 g/mol. The summed E-state index contributed by atoms with van der Waals surface area (Å²) >= 11 is 0. The first-order chi connectivity index (χ1) is 15.4. The van der Waals surface area contributed by atoms with E-state index in [9.17, 15) is 13.2 Å². The Balaban J connectivity index is 1.46. The number of methoxy groups -OCH3 is 1. The molecule has 0 bridgehead atoms. The molecule has 0 aliphatic carbocycles. The quantitative estimate of drug-likeness (QED) is 0.603. The van der Waals surface area contributed by atoms with Crippen LogP contribution in [0.25, 0.3) is 11.5 Å². The van der Waals surface area contributed by atoms with Gasteiger partial charge in [-0.25, -0.2) is 8.42 Å². The Labute approximate surface area is 186 Å². The highest BCUT2D eigenvalue weighted by atomic mass is 32.2. The Morgan fingerprint density at radius 3 is 2.66 bits per heavy atom. The van der Waals surface area contributed by atoms with Crippen LogP contribution in [0.1, 0.15) is 36.5 Å². The summed E-state index contributed by atoms with van der Waals surface area (Å²) < 4.78 is 38.1. The van der Waals surface area contributed by atoms with Crippen molar-refractivity contribution in [1.82, 2.24) is 14.5 Å². The van der Waals surface area contributed by atoms with Gasteiger partial charge in [-0.3, -0.25) is 10.1 Å². The van der Waals surface area contributed by atoms with Crippen molar-refractivity contribution in [3.63, 3.8) is 0 Å². The van der Waals surface area contributed by atoms with Crippen LogP contribution >= 0.6 is 0 Å². The third-order valence-corrected chi connectivity index (χ3v) is 7.46. The maximum Gasteiger partial charge on any atom is 0.322 e. The summed E-state index contributed by atoms with van der Waals surface area (Å²) in [4.78, 5) is 12.7. The molecular formula is C22H24N4O5S. The molecule has 1 aliphatic heterocycles. The van der Waals surface area contributed by atoms with Gasteiger partial charge in [0.1, 0.15) is 5.75 Å². The maximum absolute atomic E-state index is 12.9. The molecule has 0 unspecified atom stereocenters. The molecule has 1 saturated heterocycles. The van der Waals surface area contributed by atoms with E-state index < -0.39 is 15.9 Å². The zero-order valence-corrected chi connectivity index (χ0v) is 18.6. The highest BCUT2D eigenvalue weighted by molar-refractivity contribution is 7.89. The molecule has 1 atom stereocenters. The van der Waals surface area contributed by atoms with Crippen molar-refractivity contribution in [3.8, 4) is 17.2 Å². The third-order valence-electron chi connectivity index (χ3n) is 5.43. The van der Waals surface area contributed by atoms with Crippen molar-refractivity contribution in [3.05, 3.63) is 54.1 Å². The van der Waals surface area contributed by atoms with Crippen LogP contribution in [0.5, 0.6) is 5.75 Å². The van der Waals surface area contributed by atoms with Crippen molar-refractivity contribution >= 4 is 21.9 Å². The second kappa shape index (κ2) is 9.09. The molecule has 0 radical (unpaired) electrons. The first kappa shape index (κ1) is 22.0. The fraction of sp³-hybridized carbons (Fsp3) is 0.318. The number of ether oxygens (including phenoxy) is 1. The van der Waals surface area contributed by atoms with E-state index in [0.717, 1.165) is 19.3 Å². The number of piperidine rings is 1. The Hall–Kier alpha value is -3.24. The summed E-state index contributed by atoms with van der Waals surface area (Å²) in [6.07, 6.45) is 2.73. The lowest BCUT2D eigenvalue weighted by Crippen LogP contribution is -2.41. The van der Waals surface area contributed by atoms with Gasteiger partial charge < -0.3 is 9.15 Å². The molecule has 0 saturated carbocycles. The molecule has 1 N–H and O–H groups in total. The number of benzene rings is 2. The molecule has 10 heteroatoms. The van der Waals surface area contributed by atoms with Crippen molar-refractivity contribution in [1.29, 1.82) is 0 Å². The van der Waals surface area contributed by atoms with Gasteiger partial charge in [-0.15, -0.1) is 5.10 Å². The average Bonchev–Trinajstić information content (AvgIpc) is 3.28. The molecule has 1 fully saturated rings. The summed E-state index contributed by atoms with van der Waals surface area (Å²) in [6, 6.07) is 12.8. The standard InChI is InChI=1S/C22H24N4O5S/c1-15-6-3-4-13-26(15)32(28,29)19-11-9-16(10-12-19)20(27)23-22-25-24-21(31-22)17-7-5-8-18(14-17)30-2/h5,7-12,14-15H,3-4,6,13H2,1-2H3,(H,23,25,27)/t15-/m1/s1. The van der Waals surface area contributed by atoms with Gasteiger partial charge in [0.2, 0.25) is 15.9 Å². The molecular weight excluding hydrogens is 432 g/mol. The van der Waals surface area contributed by atoms with Gasteiger partial charge in [-0.1, -0.05) is 17.6 Å². The minimum atomic E-state index is -3.60. The number of hydrogen-bond acceptors (Lipinski definition) is 7. The molecule has 2 aromatic carbocycles. The van der Waals surface area contributed by atoms with Gasteiger partial charge in [0.05, 0.1) is 12.0 Å². The topological polar surface area (TPSA) is 115 Å². The molecule has 9 nitrogen and oxygen atoms in total. The van der Waals surface area contributed by atoms with Crippen molar-refractivity contribution in [2.75, 3.05) is 19.0 Å². The van der Waals surface area contributed by atoms with Crippen LogP contribution in [-0.4, -0.2) is 48.5 Å². The lowest BCUT2D eigenvalue weighted by atomic mass is 10.1. The molecule has 1 amide bonds. The summed E-state index contributed by atoms with van der Waals surface area (Å²) in [5, 5.41) is 10.3. The predicted molar refractivity (Wildman–Crippen MR) is 118 cm³/mol. The number of sulfonamides is 1. The molecule has 1 aliphatic rings. The van der Waals surface area contributed by atoms with E-state index in [-0.39, 0.29) is 28.4 Å². The van der Waals surface area contributed by atoms with Crippen molar-refractivity contribution in [2.24, 2.45) is 0 Å². The molecule has 1 aromatic heterocycles. The van der Waals surface area contributed by atoms with Gasteiger partial charge in [0.15, 0.2) is 0 Å². The minimum Gasteiger partial charge on any atom is -0.497 e. The fourth-order valence-corrected chi connectivity index (χ4v) is 5.36. The van der Waals surface area contributed by atoms with Crippen LogP contribution in [0.15, 0.2) is 57.8 Å². The number of anilines is 1. The van der Waals surface area contributed by atoms with Crippen molar-refractivity contribution in [2.45, 2.75) is 37.1 Å². The Morgan fingerprint density at radius 2 is 1.94 bits per heavy atom. The van der Waals surface area contributed by atoms with Crippen LogP contribution in [0.4, 0.5) is 6.01 Å². The van der Waals surface area contributed by atoms with Crippen LogP contribution < -0.4 is 10.1 Å². The van der Waals surface area contributed by atoms with Crippen LogP contribution in [-0.2, 0) is 10.0 Å². The van der Waals surface area contributed by atoms with Gasteiger partial charge in [0, 0.05) is 23.7 Å². The lowest BCUT2D eigenvalue weighted by molar-refractivity contribution is 0.102. The number of carbonyl (C=O) groups excluding carboxylic acids is 1. The fourth-order valence-electron chi connectivity index (χ4n) is 3.66. The number of hydrogen-bond donors (Lipinski definition) is 1. The Morgan fingerprint density at radius 1 is 1.16 bits per heavy atom. The molecule has 2 heterocycles. The zero-order valence-electron chi connectivity index (χ0n) is 17.8. The van der Waals surface area contributed by atoms with Crippen LogP contribution in [0.3, 0.4) is 0 Å². The average molecular weight is 457 g/mol. The first-order valence-electron chi connectivity index (χ1n) is 10.3. The summed E-state index contributed by atoms with van der Waals surface area (Å²) in [5.74, 6) is 0.387. The number of nitrogens with zero attached hydrogens (tertiary/aromatic N) is 3. The number of amides is 1. The molecule has 168 valence electrons. The predicted octanol–water partition coefficient (Wildman–Crippen LogP) is 3.56. The maximum atomic E-state index is 12.9. The first-order valence-corrected chi connectivity index (χ1v) is 11.7. The van der Waals surface area contributed by atoms with Crippen LogP contribution in [0, 0.1) is 0 Å². The zero-order chi connectivity index (χ0) is 22.7. The largest absolute Gasteiger partial charge is 0.497 e. The summed E-state index contributed by atoms with van der Waals surface area (Å²) in [6.45, 7) is 2.43. The van der Waals surface area contributed by atoms with Gasteiger partial charge in [-0.2, -0.15) is 4.31 Å². The molecule has 0 spiro atoms. The number of carbonyl (C=O) groups is 1. The molecule has 4 rings (SSSR count). The second-order valence-corrected chi connectivity index (χ2v) is 9.47. The minimum absolute atomic E-state index is 0.0342. The van der Waals surface area contributed by atoms with E-state index in [2.05, 4.69) is 15.5 Å². The second-order valence-electron chi connectivity index (χ2n) is 7.58. The molecule has 32 heavy (non-hydrogen) atoms. The smallest absolute Gasteiger partial charge is 0.322 e. The van der Waals surface area contributed by atoms with E-state index in [1.807, 2.05) is 6.92 Å². The SMILES string of the molecule is COc1cccc(-c2nnc(NC(=O)c3ccc(S(=O)(=O)N4CCCC[C@H]4C)cc3)o2)c1. The van der Waals surface area contributed by atoms with Gasteiger partial charge in [-0.05, 0) is 62.2 Å². The van der Waals surface area contributed by atoms with E-state index >= 15 is 0 Å².